The average Bonchev–Trinajstić information content (AvgIpc) is 2.84. The number of hydrogen-bond acceptors (Lipinski definition) is 6. The Morgan fingerprint density at radius 3 is 2.42 bits per heavy atom. The molecule has 0 saturated carbocycles. The van der Waals surface area contributed by atoms with Crippen LogP contribution in [-0.4, -0.2) is 30.5 Å². The Hall–Kier alpha value is -1.27. The van der Waals surface area contributed by atoms with E-state index in [1.54, 1.807) is 14.0 Å². The minimum atomic E-state index is -0.598. The number of esters is 1. The van der Waals surface area contributed by atoms with Crippen LogP contribution in [0.4, 0.5) is 0 Å². The van der Waals surface area contributed by atoms with Crippen molar-refractivity contribution in [2.24, 2.45) is 0 Å². The number of carbonyl (C=O) groups excluding carboxylic acids is 2. The van der Waals surface area contributed by atoms with E-state index in [2.05, 4.69) is 4.98 Å². The first-order valence-corrected chi connectivity index (χ1v) is 6.95. The molecule has 0 fully saturated rings. The van der Waals surface area contributed by atoms with E-state index in [1.807, 2.05) is 13.8 Å². The van der Waals surface area contributed by atoms with E-state index in [0.717, 1.165) is 0 Å². The number of ketones is 1. The molecule has 1 aromatic rings. The van der Waals surface area contributed by atoms with Crippen LogP contribution in [0.5, 0.6) is 0 Å². The molecule has 0 radical (unpaired) electrons. The van der Waals surface area contributed by atoms with Crippen LogP contribution in [0.1, 0.15) is 59.3 Å². The fraction of sp³-hybridized carbons (Fsp3) is 0.615. The van der Waals surface area contributed by atoms with E-state index in [1.165, 1.54) is 18.3 Å². The van der Waals surface area contributed by atoms with Crippen molar-refractivity contribution in [3.8, 4) is 0 Å². The van der Waals surface area contributed by atoms with Gasteiger partial charge in [-0.05, 0) is 20.3 Å². The van der Waals surface area contributed by atoms with Crippen LogP contribution < -0.4 is 0 Å². The van der Waals surface area contributed by atoms with Crippen molar-refractivity contribution in [3.05, 3.63) is 15.6 Å². The summed E-state index contributed by atoms with van der Waals surface area (Å²) in [7, 11) is 1.59. The number of rotatable bonds is 6. The van der Waals surface area contributed by atoms with Gasteiger partial charge in [-0.3, -0.25) is 4.79 Å². The van der Waals surface area contributed by atoms with Crippen LogP contribution in [0.25, 0.3) is 0 Å². The van der Waals surface area contributed by atoms with Crippen LogP contribution in [0.2, 0.25) is 0 Å². The first-order valence-electron chi connectivity index (χ1n) is 6.14. The molecule has 6 heteroatoms. The number of methoxy groups -OCH3 is 1. The largest absolute Gasteiger partial charge is 0.461 e. The fourth-order valence-electron chi connectivity index (χ4n) is 1.51. The number of carbonyl (C=O) groups is 2. The second-order valence-electron chi connectivity index (χ2n) is 4.26. The molecule has 0 aliphatic carbocycles. The van der Waals surface area contributed by atoms with E-state index in [9.17, 15) is 9.59 Å². The molecule has 0 aliphatic rings. The van der Waals surface area contributed by atoms with Gasteiger partial charge in [-0.25, -0.2) is 9.78 Å². The SMILES string of the molecule is CCOC(=O)c1nc(C(C)(CC)OC)sc1C(C)=O. The van der Waals surface area contributed by atoms with Crippen molar-refractivity contribution < 1.29 is 19.1 Å². The normalized spacial score (nSPS) is 13.9. The summed E-state index contributed by atoms with van der Waals surface area (Å²) in [5.41, 5.74) is -0.509. The van der Waals surface area contributed by atoms with Gasteiger partial charge < -0.3 is 9.47 Å². The third kappa shape index (κ3) is 3.19. The van der Waals surface area contributed by atoms with Crippen molar-refractivity contribution >= 4 is 23.1 Å². The predicted molar refractivity (Wildman–Crippen MR) is 72.7 cm³/mol. The Bertz CT molecular complexity index is 477. The molecule has 1 aromatic heterocycles. The van der Waals surface area contributed by atoms with Crippen LogP contribution in [0.3, 0.4) is 0 Å². The van der Waals surface area contributed by atoms with Gasteiger partial charge in [0.15, 0.2) is 11.5 Å². The first-order chi connectivity index (χ1) is 8.89. The summed E-state index contributed by atoms with van der Waals surface area (Å²) in [5.74, 6) is -0.758. The second kappa shape index (κ2) is 6.25. The molecule has 0 N–H and O–H groups in total. The highest BCUT2D eigenvalue weighted by atomic mass is 32.1. The average molecular weight is 285 g/mol. The molecular weight excluding hydrogens is 266 g/mol. The molecule has 1 rings (SSSR count). The van der Waals surface area contributed by atoms with E-state index < -0.39 is 11.6 Å². The minimum absolute atomic E-state index is 0.0890. The molecule has 0 spiro atoms. The summed E-state index contributed by atoms with van der Waals surface area (Å²) < 4.78 is 10.4. The lowest BCUT2D eigenvalue weighted by atomic mass is 10.1. The van der Waals surface area contributed by atoms with Crippen molar-refractivity contribution in [2.75, 3.05) is 13.7 Å². The monoisotopic (exact) mass is 285 g/mol. The van der Waals surface area contributed by atoms with Gasteiger partial charge in [-0.15, -0.1) is 11.3 Å². The fourth-order valence-corrected chi connectivity index (χ4v) is 2.65. The number of aromatic nitrogens is 1. The molecular formula is C13H19NO4S. The maximum absolute atomic E-state index is 11.8. The highest BCUT2D eigenvalue weighted by Gasteiger charge is 2.32. The lowest BCUT2D eigenvalue weighted by molar-refractivity contribution is -0.00173. The minimum Gasteiger partial charge on any atom is -0.461 e. The summed E-state index contributed by atoms with van der Waals surface area (Å²) in [6.07, 6.45) is 0.691. The molecule has 1 unspecified atom stereocenters. The van der Waals surface area contributed by atoms with E-state index >= 15 is 0 Å². The Labute approximate surface area is 116 Å². The number of thiazole rings is 1. The Balaban J connectivity index is 3.29. The molecule has 0 aromatic carbocycles. The molecule has 0 amide bonds. The predicted octanol–water partition coefficient (Wildman–Crippen LogP) is 2.79. The standard InChI is InChI=1S/C13H19NO4S/c1-6-13(4,17-5)12-14-9(11(16)18-7-2)10(19-12)8(3)15/h6-7H2,1-5H3. The Kier molecular flexibility index (Phi) is 5.20. The maximum atomic E-state index is 11.8. The molecule has 1 atom stereocenters. The van der Waals surface area contributed by atoms with Crippen molar-refractivity contribution in [2.45, 2.75) is 39.7 Å². The van der Waals surface area contributed by atoms with E-state index in [-0.39, 0.29) is 18.1 Å². The van der Waals surface area contributed by atoms with Crippen LogP contribution in [0, 0.1) is 0 Å². The maximum Gasteiger partial charge on any atom is 0.358 e. The molecule has 0 aliphatic heterocycles. The zero-order valence-electron chi connectivity index (χ0n) is 11.9. The molecule has 1 heterocycles. The number of nitrogens with zero attached hydrogens (tertiary/aromatic N) is 1. The zero-order valence-corrected chi connectivity index (χ0v) is 12.7. The Morgan fingerprint density at radius 1 is 1.37 bits per heavy atom. The number of hydrogen-bond donors (Lipinski definition) is 0. The van der Waals surface area contributed by atoms with Crippen molar-refractivity contribution in [3.63, 3.8) is 0 Å². The van der Waals surface area contributed by atoms with Gasteiger partial charge in [-0.2, -0.15) is 0 Å². The highest BCUT2D eigenvalue weighted by molar-refractivity contribution is 7.14. The molecule has 106 valence electrons. The number of Topliss-reactive ketones (excluding diaryl/α,β-unsaturated/α-hetero) is 1. The van der Waals surface area contributed by atoms with Gasteiger partial charge in [0, 0.05) is 14.0 Å². The van der Waals surface area contributed by atoms with Crippen molar-refractivity contribution in [1.29, 1.82) is 0 Å². The Morgan fingerprint density at radius 2 is 2.00 bits per heavy atom. The molecule has 0 bridgehead atoms. The van der Waals surface area contributed by atoms with Crippen molar-refractivity contribution in [1.82, 2.24) is 4.98 Å². The lowest BCUT2D eigenvalue weighted by Gasteiger charge is -2.23. The summed E-state index contributed by atoms with van der Waals surface area (Å²) in [6.45, 7) is 7.21. The van der Waals surface area contributed by atoms with E-state index in [0.29, 0.717) is 16.3 Å². The van der Waals surface area contributed by atoms with Gasteiger partial charge in [0.2, 0.25) is 0 Å². The lowest BCUT2D eigenvalue weighted by Crippen LogP contribution is -2.23. The van der Waals surface area contributed by atoms with Gasteiger partial charge in [0.05, 0.1) is 6.61 Å². The third-order valence-corrected chi connectivity index (χ3v) is 4.39. The quantitative estimate of drug-likeness (QED) is 0.594. The highest BCUT2D eigenvalue weighted by Crippen LogP contribution is 2.33. The first kappa shape index (κ1) is 15.8. The van der Waals surface area contributed by atoms with Gasteiger partial charge in [-0.1, -0.05) is 6.92 Å². The summed E-state index contributed by atoms with van der Waals surface area (Å²) in [6, 6.07) is 0. The summed E-state index contributed by atoms with van der Waals surface area (Å²) in [5, 5.41) is 0.616. The van der Waals surface area contributed by atoms with Gasteiger partial charge >= 0.3 is 5.97 Å². The van der Waals surface area contributed by atoms with Crippen LogP contribution >= 0.6 is 11.3 Å². The smallest absolute Gasteiger partial charge is 0.358 e. The summed E-state index contributed by atoms with van der Waals surface area (Å²) >= 11 is 1.19. The third-order valence-electron chi connectivity index (χ3n) is 2.99. The van der Waals surface area contributed by atoms with Gasteiger partial charge in [0.1, 0.15) is 15.5 Å². The van der Waals surface area contributed by atoms with Crippen LogP contribution in [-0.2, 0) is 15.1 Å². The summed E-state index contributed by atoms with van der Waals surface area (Å²) in [4.78, 5) is 28.0. The molecule has 19 heavy (non-hydrogen) atoms. The van der Waals surface area contributed by atoms with Crippen LogP contribution in [0.15, 0.2) is 0 Å². The molecule has 0 saturated heterocycles. The van der Waals surface area contributed by atoms with Gasteiger partial charge in [0.25, 0.3) is 0 Å². The molecule has 5 nitrogen and oxygen atoms in total. The topological polar surface area (TPSA) is 65.5 Å². The zero-order chi connectivity index (χ0) is 14.6. The van der Waals surface area contributed by atoms with E-state index in [4.69, 9.17) is 9.47 Å². The second-order valence-corrected chi connectivity index (χ2v) is 5.26. The number of ether oxygens (including phenoxy) is 2.